The van der Waals surface area contributed by atoms with Crippen LogP contribution in [0.15, 0.2) is 59.6 Å². The van der Waals surface area contributed by atoms with Gasteiger partial charge in [0.05, 0.1) is 12.4 Å². The predicted molar refractivity (Wildman–Crippen MR) is 138 cm³/mol. The molecule has 0 radical (unpaired) electrons. The Balaban J connectivity index is 1.35. The number of aromatic nitrogens is 1. The highest BCUT2D eigenvalue weighted by atomic mass is 32.2. The van der Waals surface area contributed by atoms with Crippen LogP contribution in [0.3, 0.4) is 0 Å². The summed E-state index contributed by atoms with van der Waals surface area (Å²) in [7, 11) is 0. The molecule has 180 valence electrons. The molecule has 0 saturated carbocycles. The van der Waals surface area contributed by atoms with Gasteiger partial charge in [0.2, 0.25) is 5.91 Å². The number of benzene rings is 2. The van der Waals surface area contributed by atoms with Crippen LogP contribution in [-0.4, -0.2) is 53.3 Å². The molecule has 34 heavy (non-hydrogen) atoms. The Labute approximate surface area is 205 Å². The zero-order valence-electron chi connectivity index (χ0n) is 20.0. The van der Waals surface area contributed by atoms with E-state index in [9.17, 15) is 9.59 Å². The van der Waals surface area contributed by atoms with E-state index in [-0.39, 0.29) is 11.8 Å². The standard InChI is InChI=1S/C27H33N3O3S/c1-3-33-22-10-8-21(9-11-22)27(32)28-14-17-30-18-25(23-6-4-5-7-24(23)30)34-19-26(31)29-15-12-20(2)13-16-29/h4-11,18,20H,3,12-17,19H2,1-2H3,(H,28,32). The van der Waals surface area contributed by atoms with Crippen LogP contribution in [0.1, 0.15) is 37.0 Å². The largest absolute Gasteiger partial charge is 0.494 e. The fourth-order valence-corrected chi connectivity index (χ4v) is 5.25. The summed E-state index contributed by atoms with van der Waals surface area (Å²) in [5.74, 6) is 2.05. The van der Waals surface area contributed by atoms with Gasteiger partial charge in [0.15, 0.2) is 0 Å². The van der Waals surface area contributed by atoms with E-state index in [0.717, 1.165) is 47.5 Å². The molecule has 1 aliphatic rings. The molecule has 0 bridgehead atoms. The quantitative estimate of drug-likeness (QED) is 0.447. The summed E-state index contributed by atoms with van der Waals surface area (Å²) in [5, 5.41) is 4.15. The molecule has 7 heteroatoms. The molecule has 0 unspecified atom stereocenters. The lowest BCUT2D eigenvalue weighted by Crippen LogP contribution is -2.38. The number of rotatable bonds is 9. The van der Waals surface area contributed by atoms with Gasteiger partial charge in [-0.15, -0.1) is 11.8 Å². The van der Waals surface area contributed by atoms with E-state index in [1.165, 1.54) is 0 Å². The highest BCUT2D eigenvalue weighted by molar-refractivity contribution is 8.00. The number of thioether (sulfide) groups is 1. The van der Waals surface area contributed by atoms with E-state index >= 15 is 0 Å². The van der Waals surface area contributed by atoms with Gasteiger partial charge >= 0.3 is 0 Å². The highest BCUT2D eigenvalue weighted by Gasteiger charge is 2.21. The number of fused-ring (bicyclic) bond motifs is 1. The molecule has 0 atom stereocenters. The monoisotopic (exact) mass is 479 g/mol. The number of para-hydroxylation sites is 1. The average molecular weight is 480 g/mol. The van der Waals surface area contributed by atoms with Crippen LogP contribution in [0.25, 0.3) is 10.9 Å². The lowest BCUT2D eigenvalue weighted by atomic mass is 9.99. The van der Waals surface area contributed by atoms with Crippen LogP contribution in [-0.2, 0) is 11.3 Å². The molecule has 4 rings (SSSR count). The van der Waals surface area contributed by atoms with Crippen molar-refractivity contribution < 1.29 is 14.3 Å². The number of ether oxygens (including phenoxy) is 1. The number of likely N-dealkylation sites (tertiary alicyclic amines) is 1. The van der Waals surface area contributed by atoms with E-state index in [4.69, 9.17) is 4.74 Å². The lowest BCUT2D eigenvalue weighted by molar-refractivity contribution is -0.129. The van der Waals surface area contributed by atoms with Crippen molar-refractivity contribution in [2.75, 3.05) is 32.0 Å². The van der Waals surface area contributed by atoms with Crippen LogP contribution in [0, 0.1) is 5.92 Å². The summed E-state index contributed by atoms with van der Waals surface area (Å²) in [5.41, 5.74) is 1.72. The predicted octanol–water partition coefficient (Wildman–Crippen LogP) is 4.82. The zero-order valence-corrected chi connectivity index (χ0v) is 20.8. The Kier molecular flexibility index (Phi) is 8.16. The van der Waals surface area contributed by atoms with Crippen molar-refractivity contribution in [2.24, 2.45) is 5.92 Å². The van der Waals surface area contributed by atoms with E-state index in [1.807, 2.05) is 36.1 Å². The first-order valence-electron chi connectivity index (χ1n) is 12.0. The van der Waals surface area contributed by atoms with E-state index < -0.39 is 0 Å². The summed E-state index contributed by atoms with van der Waals surface area (Å²) >= 11 is 1.60. The van der Waals surface area contributed by atoms with Crippen LogP contribution in [0.4, 0.5) is 0 Å². The first-order valence-corrected chi connectivity index (χ1v) is 13.0. The molecule has 6 nitrogen and oxygen atoms in total. The van der Waals surface area contributed by atoms with Crippen LogP contribution >= 0.6 is 11.8 Å². The maximum absolute atomic E-state index is 12.7. The van der Waals surface area contributed by atoms with Gasteiger partial charge in [0.1, 0.15) is 5.75 Å². The van der Waals surface area contributed by atoms with E-state index in [0.29, 0.717) is 36.9 Å². The third-order valence-corrected chi connectivity index (χ3v) is 7.33. The Morgan fingerprint density at radius 1 is 1.09 bits per heavy atom. The molecule has 2 aromatic carbocycles. The zero-order chi connectivity index (χ0) is 23.9. The highest BCUT2D eigenvalue weighted by Crippen LogP contribution is 2.30. The molecular formula is C27H33N3O3S. The molecule has 1 aliphatic heterocycles. The van der Waals surface area contributed by atoms with E-state index in [2.05, 4.69) is 35.1 Å². The van der Waals surface area contributed by atoms with Gasteiger partial charge in [-0.2, -0.15) is 0 Å². The van der Waals surface area contributed by atoms with Gasteiger partial charge in [-0.3, -0.25) is 9.59 Å². The molecular weight excluding hydrogens is 446 g/mol. The van der Waals surface area contributed by atoms with Crippen LogP contribution < -0.4 is 10.1 Å². The molecule has 3 aromatic rings. The van der Waals surface area contributed by atoms with Crippen LogP contribution in [0.2, 0.25) is 0 Å². The van der Waals surface area contributed by atoms with Gasteiger partial charge in [-0.05, 0) is 56.0 Å². The Morgan fingerprint density at radius 2 is 1.82 bits per heavy atom. The molecule has 0 spiro atoms. The fraction of sp³-hybridized carbons (Fsp3) is 0.407. The molecule has 2 amide bonds. The first-order chi connectivity index (χ1) is 16.5. The summed E-state index contributed by atoms with van der Waals surface area (Å²) in [6.07, 6.45) is 4.29. The Hall–Kier alpha value is -2.93. The number of carbonyl (C=O) groups excluding carboxylic acids is 2. The third kappa shape index (κ3) is 5.95. The second kappa shape index (κ2) is 11.5. The average Bonchev–Trinajstić information content (AvgIpc) is 3.21. The third-order valence-electron chi connectivity index (χ3n) is 6.31. The van der Waals surface area contributed by atoms with Crippen molar-refractivity contribution in [3.8, 4) is 5.75 Å². The summed E-state index contributed by atoms with van der Waals surface area (Å²) in [4.78, 5) is 28.3. The van der Waals surface area contributed by atoms with Gasteiger partial charge in [0.25, 0.3) is 5.91 Å². The van der Waals surface area contributed by atoms with Crippen molar-refractivity contribution in [1.82, 2.24) is 14.8 Å². The number of carbonyl (C=O) groups is 2. The summed E-state index contributed by atoms with van der Waals surface area (Å²) in [6, 6.07) is 15.4. The number of amides is 2. The number of hydrogen-bond acceptors (Lipinski definition) is 4. The van der Waals surface area contributed by atoms with Gasteiger partial charge < -0.3 is 19.5 Å². The minimum absolute atomic E-state index is 0.101. The second-order valence-electron chi connectivity index (χ2n) is 8.77. The molecule has 1 N–H and O–H groups in total. The SMILES string of the molecule is CCOc1ccc(C(=O)NCCn2cc(SCC(=O)N3CCC(C)CC3)c3ccccc32)cc1. The Morgan fingerprint density at radius 3 is 2.56 bits per heavy atom. The molecule has 1 saturated heterocycles. The van der Waals surface area contributed by atoms with E-state index in [1.54, 1.807) is 23.9 Å². The van der Waals surface area contributed by atoms with Crippen molar-refractivity contribution in [1.29, 1.82) is 0 Å². The molecule has 2 heterocycles. The maximum atomic E-state index is 12.7. The Bertz CT molecular complexity index is 1120. The molecule has 1 aromatic heterocycles. The fourth-order valence-electron chi connectivity index (χ4n) is 4.26. The van der Waals surface area contributed by atoms with Crippen molar-refractivity contribution >= 4 is 34.5 Å². The minimum Gasteiger partial charge on any atom is -0.494 e. The maximum Gasteiger partial charge on any atom is 0.251 e. The molecule has 1 fully saturated rings. The number of hydrogen-bond donors (Lipinski definition) is 1. The second-order valence-corrected chi connectivity index (χ2v) is 9.79. The lowest BCUT2D eigenvalue weighted by Gasteiger charge is -2.30. The smallest absolute Gasteiger partial charge is 0.251 e. The van der Waals surface area contributed by atoms with Crippen molar-refractivity contribution in [2.45, 2.75) is 38.1 Å². The van der Waals surface area contributed by atoms with Gasteiger partial charge in [-0.1, -0.05) is 25.1 Å². The van der Waals surface area contributed by atoms with Gasteiger partial charge in [-0.25, -0.2) is 0 Å². The van der Waals surface area contributed by atoms with Gasteiger partial charge in [0, 0.05) is 53.7 Å². The first kappa shape index (κ1) is 24.2. The normalized spacial score (nSPS) is 14.4. The number of nitrogens with zero attached hydrogens (tertiary/aromatic N) is 2. The summed E-state index contributed by atoms with van der Waals surface area (Å²) in [6.45, 7) is 7.70. The van der Waals surface area contributed by atoms with Crippen LogP contribution in [0.5, 0.6) is 5.75 Å². The number of nitrogens with one attached hydrogen (secondary N) is 1. The van der Waals surface area contributed by atoms with Crippen molar-refractivity contribution in [3.63, 3.8) is 0 Å². The topological polar surface area (TPSA) is 63.6 Å². The summed E-state index contributed by atoms with van der Waals surface area (Å²) < 4.78 is 7.59. The molecule has 0 aliphatic carbocycles. The van der Waals surface area contributed by atoms with Crippen molar-refractivity contribution in [3.05, 3.63) is 60.3 Å². The minimum atomic E-state index is -0.101. The number of piperidine rings is 1.